The lowest BCUT2D eigenvalue weighted by Crippen LogP contribution is -2.23. The molecule has 0 aliphatic carbocycles. The molecule has 1 amide bonds. The molecular weight excluding hydrogens is 224 g/mol. The van der Waals surface area contributed by atoms with Crippen LogP contribution in [-0.2, 0) is 18.4 Å². The van der Waals surface area contributed by atoms with Gasteiger partial charge < -0.3 is 5.32 Å². The predicted molar refractivity (Wildman–Crippen MR) is 46.6 cm³/mol. The van der Waals surface area contributed by atoms with Crippen LogP contribution >= 0.6 is 15.9 Å². The van der Waals surface area contributed by atoms with Crippen molar-refractivity contribution in [3.63, 3.8) is 0 Å². The van der Waals surface area contributed by atoms with Crippen molar-refractivity contribution in [2.75, 3.05) is 5.33 Å². The fourth-order valence-corrected chi connectivity index (χ4v) is 0.911. The number of carbonyl (C=O) groups is 1. The van der Waals surface area contributed by atoms with Gasteiger partial charge in [0, 0.05) is 13.2 Å². The highest BCUT2D eigenvalue weighted by molar-refractivity contribution is 9.09. The van der Waals surface area contributed by atoms with E-state index in [0.717, 1.165) is 5.69 Å². The van der Waals surface area contributed by atoms with E-state index in [-0.39, 0.29) is 5.91 Å². The molecular formula is C6H9BrN4O. The largest absolute Gasteiger partial charge is 0.350 e. The molecule has 0 fully saturated rings. The number of aromatic nitrogens is 3. The molecule has 66 valence electrons. The molecule has 0 bridgehead atoms. The molecule has 0 unspecified atom stereocenters. The minimum atomic E-state index is -0.0550. The Morgan fingerprint density at radius 3 is 3.08 bits per heavy atom. The molecule has 0 saturated heterocycles. The van der Waals surface area contributed by atoms with Crippen molar-refractivity contribution < 1.29 is 4.79 Å². The SMILES string of the molecule is Cn1cc(CNC(=O)CBr)nn1. The third-order valence-electron chi connectivity index (χ3n) is 1.24. The van der Waals surface area contributed by atoms with Gasteiger partial charge in [0.25, 0.3) is 0 Å². The van der Waals surface area contributed by atoms with Crippen molar-refractivity contribution in [2.45, 2.75) is 6.54 Å². The van der Waals surface area contributed by atoms with Gasteiger partial charge in [-0.1, -0.05) is 21.1 Å². The van der Waals surface area contributed by atoms with Crippen molar-refractivity contribution in [1.29, 1.82) is 0 Å². The smallest absolute Gasteiger partial charge is 0.230 e. The Morgan fingerprint density at radius 2 is 2.58 bits per heavy atom. The van der Waals surface area contributed by atoms with E-state index in [1.54, 1.807) is 17.9 Å². The monoisotopic (exact) mass is 232 g/mol. The molecule has 6 heteroatoms. The number of alkyl halides is 1. The summed E-state index contributed by atoms with van der Waals surface area (Å²) >= 11 is 3.04. The Bertz CT molecular complexity index is 272. The summed E-state index contributed by atoms with van der Waals surface area (Å²) in [6, 6.07) is 0. The van der Waals surface area contributed by atoms with Gasteiger partial charge in [-0.15, -0.1) is 5.10 Å². The Kier molecular flexibility index (Phi) is 3.21. The van der Waals surface area contributed by atoms with Crippen molar-refractivity contribution in [3.8, 4) is 0 Å². The zero-order chi connectivity index (χ0) is 8.97. The van der Waals surface area contributed by atoms with Gasteiger partial charge in [0.15, 0.2) is 0 Å². The third kappa shape index (κ3) is 2.61. The van der Waals surface area contributed by atoms with Gasteiger partial charge in [-0.25, -0.2) is 0 Å². The summed E-state index contributed by atoms with van der Waals surface area (Å²) in [6.07, 6.45) is 1.76. The molecule has 0 aliphatic heterocycles. The van der Waals surface area contributed by atoms with Gasteiger partial charge in [-0.05, 0) is 0 Å². The summed E-state index contributed by atoms with van der Waals surface area (Å²) in [7, 11) is 1.78. The molecule has 5 nitrogen and oxygen atoms in total. The van der Waals surface area contributed by atoms with Crippen molar-refractivity contribution >= 4 is 21.8 Å². The highest BCUT2D eigenvalue weighted by Gasteiger charge is 2.00. The minimum Gasteiger partial charge on any atom is -0.350 e. The topological polar surface area (TPSA) is 59.8 Å². The lowest BCUT2D eigenvalue weighted by atomic mass is 10.4. The number of amides is 1. The Balaban J connectivity index is 2.38. The van der Waals surface area contributed by atoms with Crippen LogP contribution in [0.2, 0.25) is 0 Å². The van der Waals surface area contributed by atoms with Crippen LogP contribution in [0.5, 0.6) is 0 Å². The van der Waals surface area contributed by atoms with E-state index < -0.39 is 0 Å². The first-order valence-corrected chi connectivity index (χ1v) is 4.52. The van der Waals surface area contributed by atoms with Crippen molar-refractivity contribution in [3.05, 3.63) is 11.9 Å². The van der Waals surface area contributed by atoms with Gasteiger partial charge in [0.2, 0.25) is 5.91 Å². The van der Waals surface area contributed by atoms with Gasteiger partial charge in [-0.2, -0.15) is 0 Å². The number of nitrogens with zero attached hydrogens (tertiary/aromatic N) is 3. The van der Waals surface area contributed by atoms with Crippen LogP contribution in [0.4, 0.5) is 0 Å². The van der Waals surface area contributed by atoms with Crippen LogP contribution in [0.15, 0.2) is 6.20 Å². The first kappa shape index (κ1) is 9.18. The van der Waals surface area contributed by atoms with Gasteiger partial charge in [0.1, 0.15) is 5.69 Å². The molecule has 0 saturated carbocycles. The minimum absolute atomic E-state index is 0.0550. The van der Waals surface area contributed by atoms with E-state index in [1.165, 1.54) is 0 Å². The maximum absolute atomic E-state index is 10.8. The molecule has 1 aromatic heterocycles. The molecule has 1 heterocycles. The standard InChI is InChI=1S/C6H9BrN4O/c1-11-4-5(9-10-11)3-8-6(12)2-7/h4H,2-3H2,1H3,(H,8,12). The number of nitrogens with one attached hydrogen (secondary N) is 1. The number of hydrogen-bond acceptors (Lipinski definition) is 3. The van der Waals surface area contributed by atoms with Crippen LogP contribution in [0, 0.1) is 0 Å². The lowest BCUT2D eigenvalue weighted by molar-refractivity contribution is -0.118. The highest BCUT2D eigenvalue weighted by atomic mass is 79.9. The van der Waals surface area contributed by atoms with Crippen LogP contribution in [0.25, 0.3) is 0 Å². The van der Waals surface area contributed by atoms with E-state index in [4.69, 9.17) is 0 Å². The molecule has 0 atom stereocenters. The molecule has 0 aromatic carbocycles. The second-order valence-electron chi connectivity index (χ2n) is 2.29. The third-order valence-corrected chi connectivity index (χ3v) is 1.75. The van der Waals surface area contributed by atoms with Crippen LogP contribution in [0.3, 0.4) is 0 Å². The second kappa shape index (κ2) is 4.20. The van der Waals surface area contributed by atoms with E-state index >= 15 is 0 Å². The highest BCUT2D eigenvalue weighted by Crippen LogP contribution is 1.90. The Labute approximate surface area is 78.3 Å². The van der Waals surface area contributed by atoms with Gasteiger partial charge in [0.05, 0.1) is 11.9 Å². The second-order valence-corrected chi connectivity index (χ2v) is 2.85. The molecule has 1 aromatic rings. The van der Waals surface area contributed by atoms with Gasteiger partial charge >= 0.3 is 0 Å². The van der Waals surface area contributed by atoms with Gasteiger partial charge in [-0.3, -0.25) is 9.48 Å². The molecule has 12 heavy (non-hydrogen) atoms. The van der Waals surface area contributed by atoms with Crippen LogP contribution in [0.1, 0.15) is 5.69 Å². The summed E-state index contributed by atoms with van der Waals surface area (Å²) in [5.41, 5.74) is 0.756. The van der Waals surface area contributed by atoms with E-state index in [9.17, 15) is 4.79 Å². The summed E-state index contributed by atoms with van der Waals surface area (Å²) in [5.74, 6) is -0.0550. The first-order valence-electron chi connectivity index (χ1n) is 3.40. The number of halogens is 1. The quantitative estimate of drug-likeness (QED) is 0.737. The average molecular weight is 233 g/mol. The molecule has 1 N–H and O–H groups in total. The summed E-state index contributed by atoms with van der Waals surface area (Å²) in [6.45, 7) is 0.429. The summed E-state index contributed by atoms with van der Waals surface area (Å²) in [4.78, 5) is 10.8. The average Bonchev–Trinajstić information content (AvgIpc) is 2.47. The number of rotatable bonds is 3. The fourth-order valence-electron chi connectivity index (χ4n) is 0.713. The summed E-state index contributed by atoms with van der Waals surface area (Å²) in [5, 5.41) is 10.5. The molecule has 0 spiro atoms. The van der Waals surface area contributed by atoms with E-state index in [1.807, 2.05) is 0 Å². The predicted octanol–water partition coefficient (Wildman–Crippen LogP) is -0.174. The molecule has 1 rings (SSSR count). The van der Waals surface area contributed by atoms with Crippen molar-refractivity contribution in [2.24, 2.45) is 7.05 Å². The lowest BCUT2D eigenvalue weighted by Gasteiger charge is -1.97. The van der Waals surface area contributed by atoms with Crippen LogP contribution in [-0.4, -0.2) is 26.2 Å². The van der Waals surface area contributed by atoms with Crippen LogP contribution < -0.4 is 5.32 Å². The van der Waals surface area contributed by atoms with Crippen molar-refractivity contribution in [1.82, 2.24) is 20.3 Å². The normalized spacial score (nSPS) is 9.83. The first-order chi connectivity index (χ1) is 5.72. The zero-order valence-electron chi connectivity index (χ0n) is 6.62. The van der Waals surface area contributed by atoms with E-state index in [2.05, 4.69) is 31.6 Å². The Morgan fingerprint density at radius 1 is 1.83 bits per heavy atom. The number of hydrogen-bond donors (Lipinski definition) is 1. The van der Waals surface area contributed by atoms with E-state index in [0.29, 0.717) is 11.9 Å². The number of aryl methyl sites for hydroxylation is 1. The molecule has 0 aliphatic rings. The fraction of sp³-hybridized carbons (Fsp3) is 0.500. The Hall–Kier alpha value is -0.910. The maximum Gasteiger partial charge on any atom is 0.230 e. The zero-order valence-corrected chi connectivity index (χ0v) is 8.21. The molecule has 0 radical (unpaired) electrons. The number of carbonyl (C=O) groups excluding carboxylic acids is 1. The summed E-state index contributed by atoms with van der Waals surface area (Å²) < 4.78 is 1.59. The maximum atomic E-state index is 10.8.